The SMILES string of the molecule is CN(C)C(=O)[C@H]1CCCN1Cc1c(O)ccc2ccccc12. The van der Waals surface area contributed by atoms with Crippen molar-refractivity contribution < 1.29 is 9.90 Å². The second kappa shape index (κ2) is 5.97. The molecular weight excluding hydrogens is 276 g/mol. The Balaban J connectivity index is 1.92. The summed E-state index contributed by atoms with van der Waals surface area (Å²) >= 11 is 0. The number of fused-ring (bicyclic) bond motifs is 1. The van der Waals surface area contributed by atoms with Crippen molar-refractivity contribution in [3.63, 3.8) is 0 Å². The van der Waals surface area contributed by atoms with Crippen molar-refractivity contribution >= 4 is 16.7 Å². The van der Waals surface area contributed by atoms with Crippen molar-refractivity contribution in [3.8, 4) is 5.75 Å². The Labute approximate surface area is 131 Å². The van der Waals surface area contributed by atoms with Gasteiger partial charge in [0.25, 0.3) is 0 Å². The Morgan fingerprint density at radius 1 is 1.27 bits per heavy atom. The van der Waals surface area contributed by atoms with Crippen LogP contribution in [0.4, 0.5) is 0 Å². The number of hydrogen-bond acceptors (Lipinski definition) is 3. The Hall–Kier alpha value is -2.07. The quantitative estimate of drug-likeness (QED) is 0.947. The number of likely N-dealkylation sites (N-methyl/N-ethyl adjacent to an activating group) is 1. The van der Waals surface area contributed by atoms with Gasteiger partial charge in [0.15, 0.2) is 0 Å². The van der Waals surface area contributed by atoms with Crippen molar-refractivity contribution in [2.75, 3.05) is 20.6 Å². The first kappa shape index (κ1) is 14.9. The number of carbonyl (C=O) groups is 1. The molecule has 2 aromatic carbocycles. The van der Waals surface area contributed by atoms with E-state index < -0.39 is 0 Å². The fourth-order valence-corrected chi connectivity index (χ4v) is 3.29. The minimum atomic E-state index is -0.0756. The van der Waals surface area contributed by atoms with Gasteiger partial charge < -0.3 is 10.0 Å². The zero-order chi connectivity index (χ0) is 15.7. The summed E-state index contributed by atoms with van der Waals surface area (Å²) in [4.78, 5) is 16.2. The summed E-state index contributed by atoms with van der Waals surface area (Å²) in [6, 6.07) is 11.7. The maximum atomic E-state index is 12.3. The number of nitrogens with zero attached hydrogens (tertiary/aromatic N) is 2. The molecule has 1 aliphatic heterocycles. The molecule has 0 unspecified atom stereocenters. The first-order chi connectivity index (χ1) is 10.6. The van der Waals surface area contributed by atoms with Gasteiger partial charge in [0, 0.05) is 26.2 Å². The van der Waals surface area contributed by atoms with Crippen molar-refractivity contribution in [1.82, 2.24) is 9.80 Å². The van der Waals surface area contributed by atoms with E-state index >= 15 is 0 Å². The number of rotatable bonds is 3. The number of amides is 1. The van der Waals surface area contributed by atoms with E-state index in [0.717, 1.165) is 35.7 Å². The smallest absolute Gasteiger partial charge is 0.239 e. The van der Waals surface area contributed by atoms with Gasteiger partial charge in [0.2, 0.25) is 5.91 Å². The molecule has 1 atom stereocenters. The monoisotopic (exact) mass is 298 g/mol. The summed E-state index contributed by atoms with van der Waals surface area (Å²) in [5.41, 5.74) is 0.913. The highest BCUT2D eigenvalue weighted by molar-refractivity contribution is 5.88. The summed E-state index contributed by atoms with van der Waals surface area (Å²) in [5.74, 6) is 0.457. The Kier molecular flexibility index (Phi) is 4.03. The molecule has 3 rings (SSSR count). The van der Waals surface area contributed by atoms with Crippen molar-refractivity contribution in [1.29, 1.82) is 0 Å². The first-order valence-electron chi connectivity index (χ1n) is 7.72. The Bertz CT molecular complexity index is 697. The molecule has 4 nitrogen and oxygen atoms in total. The molecular formula is C18H22N2O2. The predicted molar refractivity (Wildman–Crippen MR) is 87.7 cm³/mol. The standard InChI is InChI=1S/C18H22N2O2/c1-19(2)18(22)16-8-5-11-20(16)12-15-14-7-4-3-6-13(14)9-10-17(15)21/h3-4,6-7,9-10,16,21H,5,8,11-12H2,1-2H3/t16-/m1/s1. The maximum absolute atomic E-state index is 12.3. The van der Waals surface area contributed by atoms with Gasteiger partial charge in [-0.05, 0) is 36.2 Å². The number of benzene rings is 2. The molecule has 0 bridgehead atoms. The van der Waals surface area contributed by atoms with E-state index in [1.54, 1.807) is 25.1 Å². The highest BCUT2D eigenvalue weighted by atomic mass is 16.3. The van der Waals surface area contributed by atoms with Gasteiger partial charge in [-0.3, -0.25) is 9.69 Å². The third-order valence-corrected chi connectivity index (χ3v) is 4.47. The van der Waals surface area contributed by atoms with E-state index in [1.807, 2.05) is 30.3 Å². The van der Waals surface area contributed by atoms with Crippen LogP contribution in [0.2, 0.25) is 0 Å². The molecule has 1 heterocycles. The van der Waals surface area contributed by atoms with Gasteiger partial charge in [-0.2, -0.15) is 0 Å². The van der Waals surface area contributed by atoms with Crippen LogP contribution in [-0.2, 0) is 11.3 Å². The number of hydrogen-bond donors (Lipinski definition) is 1. The summed E-state index contributed by atoms with van der Waals surface area (Å²) in [6.45, 7) is 1.50. The van der Waals surface area contributed by atoms with Crippen LogP contribution >= 0.6 is 0 Å². The lowest BCUT2D eigenvalue weighted by molar-refractivity contribution is -0.133. The van der Waals surface area contributed by atoms with Gasteiger partial charge in [0.05, 0.1) is 6.04 Å². The molecule has 1 fully saturated rings. The number of likely N-dealkylation sites (tertiary alicyclic amines) is 1. The highest BCUT2D eigenvalue weighted by Gasteiger charge is 2.32. The fourth-order valence-electron chi connectivity index (χ4n) is 3.29. The average molecular weight is 298 g/mol. The number of carbonyl (C=O) groups excluding carboxylic acids is 1. The largest absolute Gasteiger partial charge is 0.508 e. The molecule has 0 radical (unpaired) electrons. The summed E-state index contributed by atoms with van der Waals surface area (Å²) in [6.07, 6.45) is 1.91. The van der Waals surface area contributed by atoms with Gasteiger partial charge >= 0.3 is 0 Å². The molecule has 0 aliphatic carbocycles. The van der Waals surface area contributed by atoms with E-state index in [-0.39, 0.29) is 11.9 Å². The van der Waals surface area contributed by atoms with E-state index in [2.05, 4.69) is 4.90 Å². The van der Waals surface area contributed by atoms with E-state index in [1.165, 1.54) is 0 Å². The minimum Gasteiger partial charge on any atom is -0.508 e. The topological polar surface area (TPSA) is 43.8 Å². The van der Waals surface area contributed by atoms with Crippen LogP contribution in [0, 0.1) is 0 Å². The lowest BCUT2D eigenvalue weighted by atomic mass is 10.0. The van der Waals surface area contributed by atoms with Crippen LogP contribution in [0.25, 0.3) is 10.8 Å². The van der Waals surface area contributed by atoms with Crippen molar-refractivity contribution in [3.05, 3.63) is 42.0 Å². The molecule has 1 N–H and O–H groups in total. The van der Waals surface area contributed by atoms with Crippen LogP contribution in [0.15, 0.2) is 36.4 Å². The zero-order valence-electron chi connectivity index (χ0n) is 13.1. The van der Waals surface area contributed by atoms with E-state index in [0.29, 0.717) is 12.3 Å². The molecule has 0 spiro atoms. The third kappa shape index (κ3) is 2.66. The molecule has 1 amide bonds. The van der Waals surface area contributed by atoms with Crippen LogP contribution in [0.5, 0.6) is 5.75 Å². The Morgan fingerprint density at radius 3 is 2.82 bits per heavy atom. The molecule has 116 valence electrons. The Morgan fingerprint density at radius 2 is 2.05 bits per heavy atom. The normalized spacial score (nSPS) is 18.7. The summed E-state index contributed by atoms with van der Waals surface area (Å²) in [5, 5.41) is 12.5. The lowest BCUT2D eigenvalue weighted by Crippen LogP contribution is -2.42. The summed E-state index contributed by atoms with van der Waals surface area (Å²) in [7, 11) is 3.60. The number of aromatic hydroxyl groups is 1. The number of phenols is 1. The number of phenolic OH excluding ortho intramolecular Hbond substituents is 1. The van der Waals surface area contributed by atoms with Gasteiger partial charge in [-0.25, -0.2) is 0 Å². The van der Waals surface area contributed by atoms with Crippen LogP contribution < -0.4 is 0 Å². The molecule has 22 heavy (non-hydrogen) atoms. The van der Waals surface area contributed by atoms with Crippen LogP contribution in [0.3, 0.4) is 0 Å². The van der Waals surface area contributed by atoms with E-state index in [4.69, 9.17) is 0 Å². The fraction of sp³-hybridized carbons (Fsp3) is 0.389. The molecule has 0 saturated carbocycles. The molecule has 4 heteroatoms. The van der Waals surface area contributed by atoms with E-state index in [9.17, 15) is 9.90 Å². The summed E-state index contributed by atoms with van der Waals surface area (Å²) < 4.78 is 0. The lowest BCUT2D eigenvalue weighted by Gasteiger charge is -2.26. The third-order valence-electron chi connectivity index (χ3n) is 4.47. The molecule has 2 aromatic rings. The van der Waals surface area contributed by atoms with Gasteiger partial charge in [-0.1, -0.05) is 30.3 Å². The van der Waals surface area contributed by atoms with Gasteiger partial charge in [-0.15, -0.1) is 0 Å². The molecule has 1 saturated heterocycles. The maximum Gasteiger partial charge on any atom is 0.239 e. The van der Waals surface area contributed by atoms with Crippen LogP contribution in [0.1, 0.15) is 18.4 Å². The predicted octanol–water partition coefficient (Wildman–Crippen LogP) is 2.60. The van der Waals surface area contributed by atoms with Crippen LogP contribution in [-0.4, -0.2) is 47.5 Å². The minimum absolute atomic E-state index is 0.0756. The zero-order valence-corrected chi connectivity index (χ0v) is 13.1. The first-order valence-corrected chi connectivity index (χ1v) is 7.72. The molecule has 1 aliphatic rings. The second-order valence-electron chi connectivity index (χ2n) is 6.15. The average Bonchev–Trinajstić information content (AvgIpc) is 2.97. The van der Waals surface area contributed by atoms with Crippen molar-refractivity contribution in [2.45, 2.75) is 25.4 Å². The highest BCUT2D eigenvalue weighted by Crippen LogP contribution is 2.31. The van der Waals surface area contributed by atoms with Crippen molar-refractivity contribution in [2.24, 2.45) is 0 Å². The van der Waals surface area contributed by atoms with Gasteiger partial charge in [0.1, 0.15) is 5.75 Å². The molecule has 0 aromatic heterocycles. The second-order valence-corrected chi connectivity index (χ2v) is 6.15.